The van der Waals surface area contributed by atoms with Gasteiger partial charge in [0.2, 0.25) is 5.91 Å². The zero-order valence-corrected chi connectivity index (χ0v) is 26.9. The Kier molecular flexibility index (Phi) is 11.0. The predicted molar refractivity (Wildman–Crippen MR) is 168 cm³/mol. The summed E-state index contributed by atoms with van der Waals surface area (Å²) in [7, 11) is 0. The molecule has 3 aromatic rings. The summed E-state index contributed by atoms with van der Waals surface area (Å²) in [5, 5.41) is 12.1. The van der Waals surface area contributed by atoms with Crippen LogP contribution < -0.4 is 10.9 Å². The van der Waals surface area contributed by atoms with Crippen molar-refractivity contribution in [2.24, 2.45) is 5.92 Å². The molecule has 46 heavy (non-hydrogen) atoms. The standard InChI is InChI=1S/C34H38ClF4N3O4/c1-19(2)13-28(42-18-22(9-12-41-10-6-11-41)25(16-29(42)43)34(37,38)39)33(46)40-27(17-30(44)45)24-14-23(15-26(35)32(24)36)31-20(3)7-5-8-21(31)4/h5,7-8,14-16,18-19,27-28H,6,9-13,17H2,1-4H3,(H,40,46)(H,44,45). The summed E-state index contributed by atoms with van der Waals surface area (Å²) in [4.78, 5) is 41.0. The molecule has 2 heterocycles. The van der Waals surface area contributed by atoms with Gasteiger partial charge in [0.25, 0.3) is 5.56 Å². The Hall–Kier alpha value is -3.70. The number of likely N-dealkylation sites (tertiary alicyclic amines) is 1. The number of amides is 1. The molecule has 2 N–H and O–H groups in total. The largest absolute Gasteiger partial charge is 0.481 e. The molecule has 1 aliphatic rings. The second-order valence-electron chi connectivity index (χ2n) is 12.3. The van der Waals surface area contributed by atoms with E-state index in [9.17, 15) is 32.7 Å². The molecular weight excluding hydrogens is 626 g/mol. The fourth-order valence-corrected chi connectivity index (χ4v) is 6.16. The number of hydrogen-bond donors (Lipinski definition) is 2. The number of aromatic nitrogens is 1. The lowest BCUT2D eigenvalue weighted by Crippen LogP contribution is -2.41. The van der Waals surface area contributed by atoms with Crippen molar-refractivity contribution in [1.82, 2.24) is 14.8 Å². The van der Waals surface area contributed by atoms with Crippen molar-refractivity contribution in [2.45, 2.75) is 71.6 Å². The maximum Gasteiger partial charge on any atom is 0.416 e. The molecule has 2 aromatic carbocycles. The lowest BCUT2D eigenvalue weighted by atomic mass is 9.92. The van der Waals surface area contributed by atoms with Gasteiger partial charge in [0, 0.05) is 24.4 Å². The number of aliphatic carboxylic acids is 1. The van der Waals surface area contributed by atoms with Gasteiger partial charge in [-0.05, 0) is 92.1 Å². The van der Waals surface area contributed by atoms with E-state index in [0.29, 0.717) is 18.2 Å². The molecule has 2 atom stereocenters. The van der Waals surface area contributed by atoms with Crippen LogP contribution in [-0.2, 0) is 22.2 Å². The molecule has 0 spiro atoms. The molecule has 1 fully saturated rings. The van der Waals surface area contributed by atoms with Crippen LogP contribution in [0.25, 0.3) is 11.1 Å². The van der Waals surface area contributed by atoms with Crippen molar-refractivity contribution in [2.75, 3.05) is 19.6 Å². The van der Waals surface area contributed by atoms with Gasteiger partial charge in [-0.2, -0.15) is 13.2 Å². The summed E-state index contributed by atoms with van der Waals surface area (Å²) >= 11 is 6.30. The molecule has 0 aliphatic carbocycles. The van der Waals surface area contributed by atoms with Gasteiger partial charge < -0.3 is 19.9 Å². The molecule has 0 radical (unpaired) electrons. The number of rotatable bonds is 12. The average Bonchev–Trinajstić information content (AvgIpc) is 2.92. The smallest absolute Gasteiger partial charge is 0.416 e. The third-order valence-electron chi connectivity index (χ3n) is 8.34. The Balaban J connectivity index is 1.77. The highest BCUT2D eigenvalue weighted by molar-refractivity contribution is 6.31. The molecule has 2 unspecified atom stereocenters. The topological polar surface area (TPSA) is 91.6 Å². The van der Waals surface area contributed by atoms with Crippen LogP contribution in [0.15, 0.2) is 47.4 Å². The molecule has 1 amide bonds. The van der Waals surface area contributed by atoms with E-state index in [2.05, 4.69) is 5.32 Å². The Morgan fingerprint density at radius 2 is 1.74 bits per heavy atom. The number of carboxylic acid groups (broad SMARTS) is 1. The van der Waals surface area contributed by atoms with Gasteiger partial charge >= 0.3 is 12.1 Å². The Morgan fingerprint density at radius 1 is 1.09 bits per heavy atom. The summed E-state index contributed by atoms with van der Waals surface area (Å²) in [6, 6.07) is 6.28. The number of nitrogens with zero attached hydrogens (tertiary/aromatic N) is 2. The fraction of sp³-hybridized carbons (Fsp3) is 0.441. The molecule has 12 heteroatoms. The predicted octanol–water partition coefficient (Wildman–Crippen LogP) is 7.11. The van der Waals surface area contributed by atoms with E-state index in [4.69, 9.17) is 11.6 Å². The number of carbonyl (C=O) groups excluding carboxylic acids is 1. The fourth-order valence-electron chi connectivity index (χ4n) is 5.94. The van der Waals surface area contributed by atoms with Crippen molar-refractivity contribution in [1.29, 1.82) is 0 Å². The zero-order chi connectivity index (χ0) is 33.9. The highest BCUT2D eigenvalue weighted by Gasteiger charge is 2.36. The van der Waals surface area contributed by atoms with Gasteiger partial charge in [0.1, 0.15) is 11.9 Å². The monoisotopic (exact) mass is 663 g/mol. The summed E-state index contributed by atoms with van der Waals surface area (Å²) in [5.41, 5.74) is 0.661. The summed E-state index contributed by atoms with van der Waals surface area (Å²) in [6.45, 7) is 9.20. The van der Waals surface area contributed by atoms with E-state index in [-0.39, 0.29) is 34.9 Å². The zero-order valence-electron chi connectivity index (χ0n) is 26.2. The highest BCUT2D eigenvalue weighted by Crippen LogP contribution is 2.36. The van der Waals surface area contributed by atoms with Crippen LogP contribution in [-0.4, -0.2) is 46.1 Å². The first kappa shape index (κ1) is 35.2. The second kappa shape index (κ2) is 14.4. The lowest BCUT2D eigenvalue weighted by Gasteiger charge is -2.31. The minimum absolute atomic E-state index is 0.0155. The van der Waals surface area contributed by atoms with Crippen LogP contribution in [0.4, 0.5) is 17.6 Å². The Bertz CT molecular complexity index is 1650. The van der Waals surface area contributed by atoms with Crippen LogP contribution >= 0.6 is 11.6 Å². The van der Waals surface area contributed by atoms with Crippen molar-refractivity contribution in [3.8, 4) is 11.1 Å². The third kappa shape index (κ3) is 8.17. The Labute approximate surface area is 270 Å². The van der Waals surface area contributed by atoms with Gasteiger partial charge in [-0.3, -0.25) is 14.4 Å². The SMILES string of the molecule is Cc1cccc(C)c1-c1cc(Cl)c(F)c(C(CC(=O)O)NC(=O)C(CC(C)C)n2cc(CCN3CCC3)c(C(F)(F)F)cc2=O)c1. The van der Waals surface area contributed by atoms with Gasteiger partial charge in [-0.25, -0.2) is 4.39 Å². The van der Waals surface area contributed by atoms with Crippen LogP contribution in [0, 0.1) is 25.6 Å². The molecule has 7 nitrogen and oxygen atoms in total. The van der Waals surface area contributed by atoms with Gasteiger partial charge in [-0.1, -0.05) is 43.6 Å². The molecular formula is C34H38ClF4N3O4. The number of halogens is 5. The minimum atomic E-state index is -4.78. The minimum Gasteiger partial charge on any atom is -0.481 e. The lowest BCUT2D eigenvalue weighted by molar-refractivity contribution is -0.139. The van der Waals surface area contributed by atoms with Crippen LogP contribution in [0.2, 0.25) is 5.02 Å². The maximum atomic E-state index is 15.6. The first-order valence-electron chi connectivity index (χ1n) is 15.2. The van der Waals surface area contributed by atoms with E-state index < -0.39 is 53.5 Å². The number of alkyl halides is 3. The van der Waals surface area contributed by atoms with E-state index in [1.165, 1.54) is 12.1 Å². The molecule has 1 aliphatic heterocycles. The normalized spacial score (nSPS) is 15.0. The quantitative estimate of drug-likeness (QED) is 0.202. The first-order chi connectivity index (χ1) is 21.6. The highest BCUT2D eigenvalue weighted by atomic mass is 35.5. The number of hydrogen-bond acceptors (Lipinski definition) is 4. The second-order valence-corrected chi connectivity index (χ2v) is 12.7. The summed E-state index contributed by atoms with van der Waals surface area (Å²) < 4.78 is 58.5. The van der Waals surface area contributed by atoms with E-state index in [1.807, 2.05) is 36.9 Å². The van der Waals surface area contributed by atoms with E-state index >= 15 is 4.39 Å². The molecule has 0 bridgehead atoms. The molecule has 1 aromatic heterocycles. The van der Waals surface area contributed by atoms with Crippen molar-refractivity contribution in [3.63, 3.8) is 0 Å². The van der Waals surface area contributed by atoms with Gasteiger partial charge in [0.05, 0.1) is 23.0 Å². The first-order valence-corrected chi connectivity index (χ1v) is 15.6. The summed E-state index contributed by atoms with van der Waals surface area (Å²) in [5.74, 6) is -3.27. The number of carboxylic acids is 1. The molecule has 248 valence electrons. The summed E-state index contributed by atoms with van der Waals surface area (Å²) in [6.07, 6.45) is -3.38. The van der Waals surface area contributed by atoms with Crippen molar-refractivity contribution >= 4 is 23.5 Å². The molecule has 1 saturated heterocycles. The number of carbonyl (C=O) groups is 2. The van der Waals surface area contributed by atoms with Crippen LogP contribution in [0.1, 0.15) is 73.0 Å². The van der Waals surface area contributed by atoms with Gasteiger partial charge in [-0.15, -0.1) is 0 Å². The van der Waals surface area contributed by atoms with Crippen molar-refractivity contribution < 1.29 is 32.3 Å². The number of pyridine rings is 1. The Morgan fingerprint density at radius 3 is 2.28 bits per heavy atom. The average molecular weight is 664 g/mol. The number of benzene rings is 2. The van der Waals surface area contributed by atoms with Crippen LogP contribution in [0.5, 0.6) is 0 Å². The molecule has 4 rings (SSSR count). The van der Waals surface area contributed by atoms with Gasteiger partial charge in [0.15, 0.2) is 0 Å². The number of aryl methyl sites for hydroxylation is 2. The maximum absolute atomic E-state index is 15.6. The third-order valence-corrected chi connectivity index (χ3v) is 8.62. The number of nitrogens with one attached hydrogen (secondary N) is 1. The molecule has 0 saturated carbocycles. The van der Waals surface area contributed by atoms with E-state index in [0.717, 1.165) is 47.0 Å². The van der Waals surface area contributed by atoms with E-state index in [1.54, 1.807) is 13.8 Å². The van der Waals surface area contributed by atoms with Crippen molar-refractivity contribution in [3.05, 3.63) is 91.6 Å². The van der Waals surface area contributed by atoms with Crippen LogP contribution in [0.3, 0.4) is 0 Å².